The maximum Gasteiger partial charge on any atom is 0.312 e. The van der Waals surface area contributed by atoms with E-state index < -0.39 is 5.41 Å². The van der Waals surface area contributed by atoms with Crippen molar-refractivity contribution in [2.24, 2.45) is 11.3 Å². The Balaban J connectivity index is 3.79. The Morgan fingerprint density at radius 1 is 1.47 bits per heavy atom. The molecule has 0 aromatic rings. The van der Waals surface area contributed by atoms with Gasteiger partial charge < -0.3 is 10.1 Å². The number of hydrogen-bond donors (Lipinski definition) is 1. The Morgan fingerprint density at radius 3 is 2.53 bits per heavy atom. The van der Waals surface area contributed by atoms with E-state index in [1.807, 2.05) is 13.8 Å². The first-order chi connectivity index (χ1) is 6.94. The number of esters is 1. The Morgan fingerprint density at radius 2 is 2.07 bits per heavy atom. The second kappa shape index (κ2) is 6.83. The zero-order chi connectivity index (χ0) is 11.9. The molecule has 0 spiro atoms. The smallest absolute Gasteiger partial charge is 0.312 e. The molecule has 0 aromatic carbocycles. The lowest BCUT2D eigenvalue weighted by Crippen LogP contribution is -2.38. The van der Waals surface area contributed by atoms with Gasteiger partial charge in [0.1, 0.15) is 0 Å². The van der Waals surface area contributed by atoms with Gasteiger partial charge in [-0.15, -0.1) is 0 Å². The highest BCUT2D eigenvalue weighted by Gasteiger charge is 2.28. The van der Waals surface area contributed by atoms with E-state index in [0.29, 0.717) is 12.5 Å². The molecule has 1 atom stereocenters. The zero-order valence-electron chi connectivity index (χ0n) is 10.7. The summed E-state index contributed by atoms with van der Waals surface area (Å²) >= 11 is 0. The molecule has 1 N–H and O–H groups in total. The Bertz CT molecular complexity index is 190. The molecule has 0 saturated carbocycles. The highest BCUT2D eigenvalue weighted by Crippen LogP contribution is 2.15. The van der Waals surface area contributed by atoms with Crippen LogP contribution in [0.3, 0.4) is 0 Å². The third kappa shape index (κ3) is 5.78. The molecule has 0 bridgehead atoms. The summed E-state index contributed by atoms with van der Waals surface area (Å²) in [5, 5.41) is 3.32. The molecule has 0 aliphatic rings. The molecular weight excluding hydrogens is 190 g/mol. The van der Waals surface area contributed by atoms with E-state index in [1.54, 1.807) is 0 Å². The molecule has 0 aliphatic heterocycles. The van der Waals surface area contributed by atoms with Crippen LogP contribution in [-0.2, 0) is 9.53 Å². The van der Waals surface area contributed by atoms with Gasteiger partial charge in [-0.25, -0.2) is 0 Å². The average Bonchev–Trinajstić information content (AvgIpc) is 2.16. The third-order valence-corrected chi connectivity index (χ3v) is 2.58. The van der Waals surface area contributed by atoms with Gasteiger partial charge in [0.15, 0.2) is 0 Å². The molecule has 3 nitrogen and oxygen atoms in total. The summed E-state index contributed by atoms with van der Waals surface area (Å²) in [4.78, 5) is 11.4. The van der Waals surface area contributed by atoms with Crippen LogP contribution in [-0.4, -0.2) is 26.2 Å². The lowest BCUT2D eigenvalue weighted by Gasteiger charge is -2.23. The molecule has 90 valence electrons. The minimum absolute atomic E-state index is 0.154. The SMILES string of the molecule is CCCC(C)CNCC(C)(C)C(=O)OC. The first-order valence-electron chi connectivity index (χ1n) is 5.73. The van der Waals surface area contributed by atoms with E-state index in [2.05, 4.69) is 19.2 Å². The molecule has 0 heterocycles. The Kier molecular flexibility index (Phi) is 6.57. The average molecular weight is 215 g/mol. The van der Waals surface area contributed by atoms with Crippen molar-refractivity contribution in [2.75, 3.05) is 20.2 Å². The molecule has 3 heteroatoms. The summed E-state index contributed by atoms with van der Waals surface area (Å²) in [6.45, 7) is 9.85. The first kappa shape index (κ1) is 14.4. The summed E-state index contributed by atoms with van der Waals surface area (Å²) < 4.78 is 4.74. The maximum atomic E-state index is 11.4. The second-order valence-electron chi connectivity index (χ2n) is 4.90. The van der Waals surface area contributed by atoms with Crippen molar-refractivity contribution in [3.05, 3.63) is 0 Å². The van der Waals surface area contributed by atoms with Crippen LogP contribution in [0.4, 0.5) is 0 Å². The first-order valence-corrected chi connectivity index (χ1v) is 5.73. The zero-order valence-corrected chi connectivity index (χ0v) is 10.7. The number of rotatable bonds is 7. The van der Waals surface area contributed by atoms with Crippen molar-refractivity contribution >= 4 is 5.97 Å². The van der Waals surface area contributed by atoms with Crippen molar-refractivity contribution in [1.82, 2.24) is 5.32 Å². The lowest BCUT2D eigenvalue weighted by atomic mass is 9.93. The van der Waals surface area contributed by atoms with Crippen molar-refractivity contribution in [2.45, 2.75) is 40.5 Å². The van der Waals surface area contributed by atoms with Gasteiger partial charge in [0.2, 0.25) is 0 Å². The van der Waals surface area contributed by atoms with Gasteiger partial charge in [-0.2, -0.15) is 0 Å². The summed E-state index contributed by atoms with van der Waals surface area (Å²) in [6.07, 6.45) is 2.44. The van der Waals surface area contributed by atoms with E-state index >= 15 is 0 Å². The molecule has 0 aromatic heterocycles. The van der Waals surface area contributed by atoms with Crippen LogP contribution in [0.2, 0.25) is 0 Å². The fraction of sp³-hybridized carbons (Fsp3) is 0.917. The van der Waals surface area contributed by atoms with Crippen molar-refractivity contribution in [3.8, 4) is 0 Å². The van der Waals surface area contributed by atoms with Crippen LogP contribution in [0.25, 0.3) is 0 Å². The van der Waals surface area contributed by atoms with Crippen LogP contribution in [0.5, 0.6) is 0 Å². The van der Waals surface area contributed by atoms with E-state index in [-0.39, 0.29) is 5.97 Å². The number of methoxy groups -OCH3 is 1. The third-order valence-electron chi connectivity index (χ3n) is 2.58. The van der Waals surface area contributed by atoms with Gasteiger partial charge in [0.25, 0.3) is 0 Å². The molecule has 0 radical (unpaired) electrons. The van der Waals surface area contributed by atoms with Crippen molar-refractivity contribution in [1.29, 1.82) is 0 Å². The van der Waals surface area contributed by atoms with Crippen LogP contribution < -0.4 is 5.32 Å². The summed E-state index contributed by atoms with van der Waals surface area (Å²) in [5.74, 6) is 0.515. The van der Waals surface area contributed by atoms with E-state index in [9.17, 15) is 4.79 Å². The quantitative estimate of drug-likeness (QED) is 0.662. The maximum absolute atomic E-state index is 11.4. The van der Waals surface area contributed by atoms with Crippen molar-refractivity contribution < 1.29 is 9.53 Å². The predicted octanol–water partition coefficient (Wildman–Crippen LogP) is 2.21. The van der Waals surface area contributed by atoms with E-state index in [1.165, 1.54) is 20.0 Å². The highest BCUT2D eigenvalue weighted by molar-refractivity contribution is 5.76. The molecule has 0 fully saturated rings. The largest absolute Gasteiger partial charge is 0.469 e. The normalized spacial score (nSPS) is 13.7. The molecule has 1 unspecified atom stereocenters. The highest BCUT2D eigenvalue weighted by atomic mass is 16.5. The van der Waals surface area contributed by atoms with Crippen LogP contribution in [0.1, 0.15) is 40.5 Å². The molecule has 0 rings (SSSR count). The van der Waals surface area contributed by atoms with Gasteiger partial charge in [-0.05, 0) is 32.7 Å². The fourth-order valence-corrected chi connectivity index (χ4v) is 1.57. The Hall–Kier alpha value is -0.570. The van der Waals surface area contributed by atoms with Gasteiger partial charge in [0, 0.05) is 6.54 Å². The molecule has 0 amide bonds. The Labute approximate surface area is 93.6 Å². The number of hydrogen-bond acceptors (Lipinski definition) is 3. The van der Waals surface area contributed by atoms with Crippen LogP contribution >= 0.6 is 0 Å². The topological polar surface area (TPSA) is 38.3 Å². The van der Waals surface area contributed by atoms with Gasteiger partial charge in [-0.3, -0.25) is 4.79 Å². The van der Waals surface area contributed by atoms with Gasteiger partial charge in [-0.1, -0.05) is 20.3 Å². The predicted molar refractivity (Wildman–Crippen MR) is 62.7 cm³/mol. The summed E-state index contributed by atoms with van der Waals surface area (Å²) in [5.41, 5.74) is -0.430. The minimum atomic E-state index is -0.430. The molecule has 0 saturated heterocycles. The number of carbonyl (C=O) groups is 1. The monoisotopic (exact) mass is 215 g/mol. The molecule has 15 heavy (non-hydrogen) atoms. The molecular formula is C12H25NO2. The number of ether oxygens (including phenoxy) is 1. The van der Waals surface area contributed by atoms with Gasteiger partial charge in [0.05, 0.1) is 12.5 Å². The van der Waals surface area contributed by atoms with Gasteiger partial charge >= 0.3 is 5.97 Å². The minimum Gasteiger partial charge on any atom is -0.469 e. The lowest BCUT2D eigenvalue weighted by molar-refractivity contribution is -0.150. The van der Waals surface area contributed by atoms with Crippen LogP contribution in [0.15, 0.2) is 0 Å². The number of carbonyl (C=O) groups excluding carboxylic acids is 1. The summed E-state index contributed by atoms with van der Waals surface area (Å²) in [7, 11) is 1.43. The fourth-order valence-electron chi connectivity index (χ4n) is 1.57. The second-order valence-corrected chi connectivity index (χ2v) is 4.90. The van der Waals surface area contributed by atoms with E-state index in [0.717, 1.165) is 6.54 Å². The number of nitrogens with one attached hydrogen (secondary N) is 1. The standard InChI is InChI=1S/C12H25NO2/c1-6-7-10(2)8-13-9-12(3,4)11(14)15-5/h10,13H,6-9H2,1-5H3. The summed E-state index contributed by atoms with van der Waals surface area (Å²) in [6, 6.07) is 0. The van der Waals surface area contributed by atoms with Crippen LogP contribution in [0, 0.1) is 11.3 Å². The van der Waals surface area contributed by atoms with E-state index in [4.69, 9.17) is 4.74 Å². The molecule has 0 aliphatic carbocycles. The van der Waals surface area contributed by atoms with Crippen molar-refractivity contribution in [3.63, 3.8) is 0 Å².